The Labute approximate surface area is 192 Å². The second kappa shape index (κ2) is 9.05. The van der Waals surface area contributed by atoms with E-state index >= 15 is 0 Å². The van der Waals surface area contributed by atoms with Crippen LogP contribution in [0.5, 0.6) is 5.75 Å². The molecule has 4 rings (SSSR count). The molecule has 5 nitrogen and oxygen atoms in total. The number of hydrogen-bond donors (Lipinski definition) is 1. The van der Waals surface area contributed by atoms with Crippen molar-refractivity contribution >= 4 is 34.3 Å². The smallest absolute Gasteiger partial charge is 0.262 e. The molecule has 0 fully saturated rings. The summed E-state index contributed by atoms with van der Waals surface area (Å²) in [5.41, 5.74) is 5.86. The first-order valence-corrected chi connectivity index (χ1v) is 10.9. The van der Waals surface area contributed by atoms with Crippen LogP contribution in [0.1, 0.15) is 36.5 Å². The van der Waals surface area contributed by atoms with E-state index in [9.17, 15) is 4.79 Å². The molecule has 0 unspecified atom stereocenters. The van der Waals surface area contributed by atoms with Gasteiger partial charge in [-0.3, -0.25) is 4.79 Å². The van der Waals surface area contributed by atoms with Gasteiger partial charge in [0.25, 0.3) is 5.91 Å². The molecule has 0 radical (unpaired) electrons. The number of benzene rings is 3. The highest BCUT2D eigenvalue weighted by Crippen LogP contribution is 2.31. The molecule has 1 heterocycles. The first kappa shape index (κ1) is 21.9. The van der Waals surface area contributed by atoms with Crippen LogP contribution in [0.15, 0.2) is 59.0 Å². The van der Waals surface area contributed by atoms with Crippen LogP contribution in [0.3, 0.4) is 0 Å². The topological polar surface area (TPSA) is 64.4 Å². The predicted molar refractivity (Wildman–Crippen MR) is 129 cm³/mol. The number of carbonyl (C=O) groups excluding carboxylic acids is 1. The Kier molecular flexibility index (Phi) is 6.19. The maximum Gasteiger partial charge on any atom is 0.262 e. The molecule has 0 aliphatic heterocycles. The molecular formula is C26H25ClN2O3. The fourth-order valence-electron chi connectivity index (χ4n) is 3.59. The zero-order valence-electron chi connectivity index (χ0n) is 18.5. The number of oxazole rings is 1. The number of rotatable bonds is 6. The van der Waals surface area contributed by atoms with Crippen molar-refractivity contribution in [2.45, 2.75) is 33.6 Å². The molecule has 32 heavy (non-hydrogen) atoms. The highest BCUT2D eigenvalue weighted by molar-refractivity contribution is 6.31. The van der Waals surface area contributed by atoms with Crippen molar-refractivity contribution in [3.8, 4) is 17.2 Å². The monoisotopic (exact) mass is 448 g/mol. The van der Waals surface area contributed by atoms with Crippen molar-refractivity contribution in [1.29, 1.82) is 0 Å². The van der Waals surface area contributed by atoms with Gasteiger partial charge in [-0.1, -0.05) is 43.6 Å². The summed E-state index contributed by atoms with van der Waals surface area (Å²) in [7, 11) is 0. The first-order valence-electron chi connectivity index (χ1n) is 10.5. The molecule has 0 atom stereocenters. The first-order chi connectivity index (χ1) is 15.3. The van der Waals surface area contributed by atoms with Crippen LogP contribution in [-0.2, 0) is 4.79 Å². The van der Waals surface area contributed by atoms with Crippen molar-refractivity contribution in [2.24, 2.45) is 0 Å². The third-order valence-corrected chi connectivity index (χ3v) is 5.57. The SMILES string of the molecule is Cc1ccc(C(C)C)c(OCC(=O)Nc2cccc(-c3nc4cc(Cl)ccc4o3)c2C)c1. The van der Waals surface area contributed by atoms with E-state index in [0.717, 1.165) is 28.0 Å². The van der Waals surface area contributed by atoms with Crippen LogP contribution in [-0.4, -0.2) is 17.5 Å². The maximum atomic E-state index is 12.6. The van der Waals surface area contributed by atoms with Crippen molar-refractivity contribution in [3.05, 3.63) is 76.3 Å². The molecule has 3 aromatic carbocycles. The average Bonchev–Trinajstić information content (AvgIpc) is 3.16. The fraction of sp³-hybridized carbons (Fsp3) is 0.231. The van der Waals surface area contributed by atoms with Crippen LogP contribution in [0, 0.1) is 13.8 Å². The van der Waals surface area contributed by atoms with Gasteiger partial charge in [-0.2, -0.15) is 0 Å². The molecule has 1 aromatic heterocycles. The van der Waals surface area contributed by atoms with E-state index < -0.39 is 0 Å². The van der Waals surface area contributed by atoms with Gasteiger partial charge >= 0.3 is 0 Å². The van der Waals surface area contributed by atoms with E-state index in [2.05, 4.69) is 30.2 Å². The number of amides is 1. The van der Waals surface area contributed by atoms with Gasteiger partial charge in [0, 0.05) is 16.3 Å². The summed E-state index contributed by atoms with van der Waals surface area (Å²) in [6, 6.07) is 17.0. The van der Waals surface area contributed by atoms with Gasteiger partial charge in [0.1, 0.15) is 11.3 Å². The van der Waals surface area contributed by atoms with Crippen LogP contribution < -0.4 is 10.1 Å². The van der Waals surface area contributed by atoms with Gasteiger partial charge in [-0.15, -0.1) is 0 Å². The zero-order chi connectivity index (χ0) is 22.8. The molecule has 0 saturated heterocycles. The lowest BCUT2D eigenvalue weighted by molar-refractivity contribution is -0.118. The van der Waals surface area contributed by atoms with Crippen LogP contribution in [0.4, 0.5) is 5.69 Å². The minimum atomic E-state index is -0.231. The Hall–Kier alpha value is -3.31. The summed E-state index contributed by atoms with van der Waals surface area (Å²) in [5, 5.41) is 3.54. The lowest BCUT2D eigenvalue weighted by Gasteiger charge is -2.15. The highest BCUT2D eigenvalue weighted by atomic mass is 35.5. The zero-order valence-corrected chi connectivity index (χ0v) is 19.3. The molecule has 6 heteroatoms. The van der Waals surface area contributed by atoms with E-state index in [1.807, 2.05) is 44.2 Å². The minimum absolute atomic E-state index is 0.0752. The summed E-state index contributed by atoms with van der Waals surface area (Å²) in [6.45, 7) is 8.06. The second-order valence-corrected chi connectivity index (χ2v) is 8.58. The van der Waals surface area contributed by atoms with E-state index in [0.29, 0.717) is 33.6 Å². The molecule has 0 spiro atoms. The lowest BCUT2D eigenvalue weighted by atomic mass is 10.0. The number of nitrogens with zero attached hydrogens (tertiary/aromatic N) is 1. The number of nitrogens with one attached hydrogen (secondary N) is 1. The van der Waals surface area contributed by atoms with Gasteiger partial charge in [-0.25, -0.2) is 4.98 Å². The van der Waals surface area contributed by atoms with Crippen LogP contribution >= 0.6 is 11.6 Å². The third kappa shape index (κ3) is 4.63. The molecule has 0 aliphatic rings. The number of anilines is 1. The van der Waals surface area contributed by atoms with Gasteiger partial charge < -0.3 is 14.5 Å². The van der Waals surface area contributed by atoms with Crippen molar-refractivity contribution in [3.63, 3.8) is 0 Å². The number of fused-ring (bicyclic) bond motifs is 1. The highest BCUT2D eigenvalue weighted by Gasteiger charge is 2.15. The van der Waals surface area contributed by atoms with Crippen molar-refractivity contribution < 1.29 is 13.9 Å². The molecule has 164 valence electrons. The average molecular weight is 449 g/mol. The normalized spacial score (nSPS) is 11.2. The van der Waals surface area contributed by atoms with Crippen molar-refractivity contribution in [1.82, 2.24) is 4.98 Å². The molecule has 1 amide bonds. The quantitative estimate of drug-likeness (QED) is 0.348. The third-order valence-electron chi connectivity index (χ3n) is 5.34. The van der Waals surface area contributed by atoms with Crippen molar-refractivity contribution in [2.75, 3.05) is 11.9 Å². The van der Waals surface area contributed by atoms with Gasteiger partial charge in [0.15, 0.2) is 12.2 Å². The predicted octanol–water partition coefficient (Wildman–Crippen LogP) is 6.91. The number of carbonyl (C=O) groups is 1. The Morgan fingerprint density at radius 2 is 1.94 bits per heavy atom. The molecular weight excluding hydrogens is 424 g/mol. The minimum Gasteiger partial charge on any atom is -0.483 e. The van der Waals surface area contributed by atoms with E-state index in [1.54, 1.807) is 18.2 Å². The molecule has 4 aromatic rings. The molecule has 0 bridgehead atoms. The van der Waals surface area contributed by atoms with E-state index in [1.165, 1.54) is 0 Å². The van der Waals surface area contributed by atoms with Gasteiger partial charge in [0.05, 0.1) is 0 Å². The Morgan fingerprint density at radius 3 is 2.72 bits per heavy atom. The summed E-state index contributed by atoms with van der Waals surface area (Å²) in [5.74, 6) is 1.30. The summed E-state index contributed by atoms with van der Waals surface area (Å²) in [4.78, 5) is 17.2. The Bertz CT molecular complexity index is 1290. The van der Waals surface area contributed by atoms with E-state index in [-0.39, 0.29) is 12.5 Å². The largest absolute Gasteiger partial charge is 0.483 e. The Morgan fingerprint density at radius 1 is 1.12 bits per heavy atom. The number of hydrogen-bond acceptors (Lipinski definition) is 4. The molecule has 1 N–H and O–H groups in total. The molecule has 0 aliphatic carbocycles. The summed E-state index contributed by atoms with van der Waals surface area (Å²) >= 11 is 6.06. The summed E-state index contributed by atoms with van der Waals surface area (Å²) < 4.78 is 11.8. The number of ether oxygens (including phenoxy) is 1. The Balaban J connectivity index is 1.51. The lowest BCUT2D eigenvalue weighted by Crippen LogP contribution is -2.21. The van der Waals surface area contributed by atoms with Gasteiger partial charge in [-0.05, 0) is 72.9 Å². The maximum absolute atomic E-state index is 12.6. The number of aryl methyl sites for hydroxylation is 1. The number of aromatic nitrogens is 1. The number of halogens is 1. The summed E-state index contributed by atoms with van der Waals surface area (Å²) in [6.07, 6.45) is 0. The van der Waals surface area contributed by atoms with E-state index in [4.69, 9.17) is 20.8 Å². The fourth-order valence-corrected chi connectivity index (χ4v) is 3.76. The molecule has 0 saturated carbocycles. The standard InChI is InChI=1S/C26H25ClN2O3/c1-15(2)19-10-8-16(3)12-24(19)31-14-25(30)28-21-7-5-6-20(17(21)4)26-29-22-13-18(27)9-11-23(22)32-26/h5-13,15H,14H2,1-4H3,(H,28,30). The van der Waals surface area contributed by atoms with Crippen LogP contribution in [0.2, 0.25) is 5.02 Å². The van der Waals surface area contributed by atoms with Gasteiger partial charge in [0.2, 0.25) is 5.89 Å². The van der Waals surface area contributed by atoms with Crippen LogP contribution in [0.25, 0.3) is 22.6 Å². The second-order valence-electron chi connectivity index (χ2n) is 8.14.